The number of methoxy groups -OCH3 is 1. The van der Waals surface area contributed by atoms with Gasteiger partial charge in [-0.1, -0.05) is 24.3 Å². The van der Waals surface area contributed by atoms with E-state index in [1.807, 2.05) is 41.3 Å². The van der Waals surface area contributed by atoms with Gasteiger partial charge in [-0.05, 0) is 42.3 Å². The minimum absolute atomic E-state index is 0.151. The Morgan fingerprint density at radius 2 is 1.73 bits per heavy atom. The molecule has 2 saturated heterocycles. The van der Waals surface area contributed by atoms with Gasteiger partial charge in [-0.2, -0.15) is 0 Å². The summed E-state index contributed by atoms with van der Waals surface area (Å²) in [5.74, 6) is -0.115. The van der Waals surface area contributed by atoms with E-state index in [0.29, 0.717) is 67.9 Å². The van der Waals surface area contributed by atoms with Gasteiger partial charge in [0.05, 0.1) is 38.6 Å². The van der Waals surface area contributed by atoms with Crippen LogP contribution < -0.4 is 21.3 Å². The molecule has 2 aliphatic rings. The van der Waals surface area contributed by atoms with Crippen LogP contribution in [0.4, 0.5) is 11.5 Å². The number of aryl methyl sites for hydroxylation is 1. The van der Waals surface area contributed by atoms with Crippen LogP contribution in [0.25, 0.3) is 11.1 Å². The van der Waals surface area contributed by atoms with Crippen LogP contribution in [0.3, 0.4) is 0 Å². The van der Waals surface area contributed by atoms with E-state index < -0.39 is 11.8 Å². The number of nitrogens with one attached hydrogen (secondary N) is 2. The normalized spacial score (nSPS) is 17.8. The Balaban J connectivity index is 1.28. The number of nitrogens with two attached hydrogens (primary N) is 1. The van der Waals surface area contributed by atoms with Gasteiger partial charge in [0.25, 0.3) is 5.91 Å². The molecule has 40 heavy (non-hydrogen) atoms. The molecule has 11 heteroatoms. The maximum absolute atomic E-state index is 13.1. The zero-order chi connectivity index (χ0) is 28.1. The minimum atomic E-state index is -0.852. The number of hydrogen-bond acceptors (Lipinski definition) is 9. The third kappa shape index (κ3) is 6.22. The molecular formula is C29H34N6O5. The van der Waals surface area contributed by atoms with Crippen LogP contribution in [0, 0.1) is 6.92 Å². The van der Waals surface area contributed by atoms with Gasteiger partial charge in [0, 0.05) is 37.4 Å². The van der Waals surface area contributed by atoms with Crippen molar-refractivity contribution < 1.29 is 23.8 Å². The molecule has 0 radical (unpaired) electrons. The number of ether oxygens (including phenoxy) is 3. The first-order valence-corrected chi connectivity index (χ1v) is 13.3. The average Bonchev–Trinajstić information content (AvgIpc) is 3.59. The lowest BCUT2D eigenvalue weighted by molar-refractivity contribution is -0.143. The molecule has 0 saturated carbocycles. The van der Waals surface area contributed by atoms with Crippen molar-refractivity contribution in [2.24, 2.45) is 0 Å². The zero-order valence-electron chi connectivity index (χ0n) is 22.7. The fraction of sp³-hybridized carbons (Fsp3) is 0.379. The van der Waals surface area contributed by atoms with Gasteiger partial charge in [-0.15, -0.1) is 0 Å². The number of amides is 2. The largest absolute Gasteiger partial charge is 0.399 e. The SMILES string of the molecule is COCCNC(=O)[C@@H]1CC2(CN1c1cc(CNC(=O)c3ccc(-c4ccc(N)cc4)cc3)nc(C)n1)OCCO2. The van der Waals surface area contributed by atoms with E-state index in [2.05, 4.69) is 20.6 Å². The van der Waals surface area contributed by atoms with Crippen molar-refractivity contribution in [3.63, 3.8) is 0 Å². The number of carbonyl (C=O) groups excluding carboxylic acids is 2. The summed E-state index contributed by atoms with van der Waals surface area (Å²) in [5.41, 5.74) is 9.66. The molecule has 210 valence electrons. The summed E-state index contributed by atoms with van der Waals surface area (Å²) in [6.45, 7) is 4.11. The lowest BCUT2D eigenvalue weighted by Crippen LogP contribution is -2.44. The molecule has 4 N–H and O–H groups in total. The molecule has 0 aliphatic carbocycles. The maximum atomic E-state index is 13.1. The second-order valence-corrected chi connectivity index (χ2v) is 9.89. The summed E-state index contributed by atoms with van der Waals surface area (Å²) >= 11 is 0. The molecule has 2 fully saturated rings. The maximum Gasteiger partial charge on any atom is 0.251 e. The Morgan fingerprint density at radius 3 is 2.40 bits per heavy atom. The molecule has 1 atom stereocenters. The summed E-state index contributed by atoms with van der Waals surface area (Å²) < 4.78 is 16.9. The summed E-state index contributed by atoms with van der Waals surface area (Å²) in [6, 6.07) is 16.2. The second kappa shape index (κ2) is 12.0. The Morgan fingerprint density at radius 1 is 1.05 bits per heavy atom. The van der Waals surface area contributed by atoms with E-state index in [1.54, 1.807) is 32.2 Å². The van der Waals surface area contributed by atoms with Gasteiger partial charge in [-0.3, -0.25) is 9.59 Å². The highest BCUT2D eigenvalue weighted by Gasteiger charge is 2.51. The lowest BCUT2D eigenvalue weighted by atomic mass is 10.0. The molecule has 0 bridgehead atoms. The van der Waals surface area contributed by atoms with Gasteiger partial charge in [0.2, 0.25) is 5.91 Å². The number of nitrogens with zero attached hydrogens (tertiary/aromatic N) is 3. The molecule has 0 unspecified atom stereocenters. The molecule has 2 amide bonds. The van der Waals surface area contributed by atoms with Crippen molar-refractivity contribution in [3.8, 4) is 11.1 Å². The molecule has 3 aromatic rings. The van der Waals surface area contributed by atoms with Crippen molar-refractivity contribution in [2.75, 3.05) is 50.7 Å². The fourth-order valence-corrected chi connectivity index (χ4v) is 5.03. The van der Waals surface area contributed by atoms with E-state index >= 15 is 0 Å². The molecule has 11 nitrogen and oxygen atoms in total. The van der Waals surface area contributed by atoms with Crippen molar-refractivity contribution in [1.82, 2.24) is 20.6 Å². The summed E-state index contributed by atoms with van der Waals surface area (Å²) in [7, 11) is 1.59. The topological polar surface area (TPSA) is 141 Å². The van der Waals surface area contributed by atoms with Crippen LogP contribution in [0.5, 0.6) is 0 Å². The monoisotopic (exact) mass is 546 g/mol. The first-order chi connectivity index (χ1) is 19.4. The third-order valence-electron chi connectivity index (χ3n) is 7.01. The van der Waals surface area contributed by atoms with Crippen molar-refractivity contribution in [3.05, 3.63) is 71.7 Å². The number of aromatic nitrogens is 2. The second-order valence-electron chi connectivity index (χ2n) is 9.89. The van der Waals surface area contributed by atoms with E-state index in [0.717, 1.165) is 11.1 Å². The summed E-state index contributed by atoms with van der Waals surface area (Å²) in [4.78, 5) is 37.0. The highest BCUT2D eigenvalue weighted by Crippen LogP contribution is 2.37. The van der Waals surface area contributed by atoms with Crippen LogP contribution >= 0.6 is 0 Å². The standard InChI is InChI=1S/C29H34N6O5/c1-19-33-24(17-32-27(36)22-5-3-20(4-6-22)21-7-9-23(30)10-8-21)15-26(34-19)35-18-29(39-13-14-40-29)16-25(35)28(37)31-11-12-38-2/h3-10,15,25H,11-14,16-18,30H2,1-2H3,(H,31,37)(H,32,36)/t25-/m0/s1. The summed E-state index contributed by atoms with van der Waals surface area (Å²) in [6.07, 6.45) is 0.382. The van der Waals surface area contributed by atoms with E-state index in [1.165, 1.54) is 0 Å². The molecular weight excluding hydrogens is 512 g/mol. The number of rotatable bonds is 9. The summed E-state index contributed by atoms with van der Waals surface area (Å²) in [5, 5.41) is 5.85. The number of hydrogen-bond donors (Lipinski definition) is 3. The number of carbonyl (C=O) groups is 2. The molecule has 2 aromatic carbocycles. The third-order valence-corrected chi connectivity index (χ3v) is 7.01. The Labute approximate surface area is 233 Å². The van der Waals surface area contributed by atoms with Crippen LogP contribution in [0.2, 0.25) is 0 Å². The molecule has 1 aromatic heterocycles. The van der Waals surface area contributed by atoms with Crippen molar-refractivity contribution >= 4 is 23.3 Å². The van der Waals surface area contributed by atoms with Gasteiger partial charge in [0.15, 0.2) is 5.79 Å². The molecule has 2 aliphatic heterocycles. The predicted octanol–water partition coefficient (Wildman–Crippen LogP) is 2.05. The number of benzene rings is 2. The molecule has 3 heterocycles. The van der Waals surface area contributed by atoms with Crippen LogP contribution in [0.1, 0.15) is 28.3 Å². The first-order valence-electron chi connectivity index (χ1n) is 13.3. The van der Waals surface area contributed by atoms with E-state index in [4.69, 9.17) is 19.9 Å². The van der Waals surface area contributed by atoms with Crippen LogP contribution in [0.15, 0.2) is 54.6 Å². The number of nitrogen functional groups attached to an aromatic ring is 1. The predicted molar refractivity (Wildman–Crippen MR) is 150 cm³/mol. The highest BCUT2D eigenvalue weighted by molar-refractivity contribution is 5.94. The smallest absolute Gasteiger partial charge is 0.251 e. The van der Waals surface area contributed by atoms with Crippen LogP contribution in [-0.2, 0) is 25.5 Å². The van der Waals surface area contributed by atoms with Crippen LogP contribution in [-0.4, -0.2) is 73.6 Å². The zero-order valence-corrected chi connectivity index (χ0v) is 22.7. The van der Waals surface area contributed by atoms with Crippen molar-refractivity contribution in [1.29, 1.82) is 0 Å². The van der Waals surface area contributed by atoms with Gasteiger partial charge in [-0.25, -0.2) is 9.97 Å². The van der Waals surface area contributed by atoms with Crippen molar-refractivity contribution in [2.45, 2.75) is 31.7 Å². The molecule has 5 rings (SSSR count). The highest BCUT2D eigenvalue weighted by atomic mass is 16.7. The Hall–Kier alpha value is -4.06. The Kier molecular flexibility index (Phi) is 8.24. The average molecular weight is 547 g/mol. The van der Waals surface area contributed by atoms with Gasteiger partial charge in [0.1, 0.15) is 17.7 Å². The first kappa shape index (κ1) is 27.5. The molecule has 1 spiro atoms. The minimum Gasteiger partial charge on any atom is -0.399 e. The number of anilines is 2. The van der Waals surface area contributed by atoms with E-state index in [-0.39, 0.29) is 18.4 Å². The van der Waals surface area contributed by atoms with E-state index in [9.17, 15) is 9.59 Å². The van der Waals surface area contributed by atoms with Gasteiger partial charge < -0.3 is 35.5 Å². The quantitative estimate of drug-likeness (QED) is 0.272. The fourth-order valence-electron chi connectivity index (χ4n) is 5.03. The Bertz CT molecular complexity index is 1340. The lowest BCUT2D eigenvalue weighted by Gasteiger charge is -2.25. The van der Waals surface area contributed by atoms with Gasteiger partial charge >= 0.3 is 0 Å².